The van der Waals surface area contributed by atoms with Crippen molar-refractivity contribution in [2.75, 3.05) is 20.2 Å². The van der Waals surface area contributed by atoms with Crippen molar-refractivity contribution in [1.29, 1.82) is 0 Å². The van der Waals surface area contributed by atoms with Crippen LogP contribution in [0.15, 0.2) is 47.5 Å². The van der Waals surface area contributed by atoms with Crippen LogP contribution in [0.25, 0.3) is 0 Å². The third kappa shape index (κ3) is 13.0. The molecular formula is C25H33Cl2N3O5. The summed E-state index contributed by atoms with van der Waals surface area (Å²) in [5, 5.41) is 11.4. The molecule has 0 atom stereocenters. The van der Waals surface area contributed by atoms with Crippen LogP contribution >= 0.6 is 23.2 Å². The Labute approximate surface area is 217 Å². The third-order valence-corrected chi connectivity index (χ3v) is 5.70. The van der Waals surface area contributed by atoms with Crippen molar-refractivity contribution in [1.82, 2.24) is 4.90 Å². The third-order valence-electron chi connectivity index (χ3n) is 4.96. The number of hydrogen-bond acceptors (Lipinski definition) is 6. The minimum Gasteiger partial charge on any atom is -0.434 e. The summed E-state index contributed by atoms with van der Waals surface area (Å²) in [6, 6.07) is 10.5. The molecule has 0 aliphatic heterocycles. The zero-order valence-corrected chi connectivity index (χ0v) is 22.1. The van der Waals surface area contributed by atoms with Gasteiger partial charge in [0, 0.05) is 25.7 Å². The SMILES string of the molecule is CC1CCCC1.CCN(C)C=Nc1ccc(Cl)c(Cl)c1.CCOC(=O)Oc1ccc([N+](=O)[O-])cc1. The molecule has 1 aliphatic carbocycles. The molecule has 0 bridgehead atoms. The van der Waals surface area contributed by atoms with E-state index in [1.165, 1.54) is 49.9 Å². The number of aliphatic imine (C=N–C) groups is 1. The van der Waals surface area contributed by atoms with Crippen LogP contribution in [0, 0.1) is 16.0 Å². The Kier molecular flexibility index (Phi) is 14.4. The summed E-state index contributed by atoms with van der Waals surface area (Å²) in [7, 11) is 1.96. The van der Waals surface area contributed by atoms with Crippen LogP contribution in [0.2, 0.25) is 10.0 Å². The van der Waals surface area contributed by atoms with E-state index in [2.05, 4.69) is 23.6 Å². The van der Waals surface area contributed by atoms with E-state index in [9.17, 15) is 14.9 Å². The first-order chi connectivity index (χ1) is 16.7. The van der Waals surface area contributed by atoms with Gasteiger partial charge in [0.25, 0.3) is 5.69 Å². The van der Waals surface area contributed by atoms with Gasteiger partial charge in [-0.25, -0.2) is 9.79 Å². The van der Waals surface area contributed by atoms with Crippen LogP contribution in [-0.2, 0) is 4.74 Å². The van der Waals surface area contributed by atoms with E-state index in [1.54, 1.807) is 25.4 Å². The molecule has 8 nitrogen and oxygen atoms in total. The number of nitro groups is 1. The maximum atomic E-state index is 10.9. The van der Waals surface area contributed by atoms with Gasteiger partial charge in [-0.15, -0.1) is 0 Å². The predicted molar refractivity (Wildman–Crippen MR) is 141 cm³/mol. The standard InChI is InChI=1S/C10H12Cl2N2.C9H9NO5.C6H12/c1-3-14(2)7-13-8-4-5-9(11)10(12)6-8;1-2-14-9(11)15-8-5-3-7(4-6-8)10(12)13;1-6-4-2-3-5-6/h4-7H,3H2,1-2H3;3-6H,2H2,1H3;6H,2-5H2,1H3. The van der Waals surface area contributed by atoms with Gasteiger partial charge in [-0.1, -0.05) is 55.8 Å². The Morgan fingerprint density at radius 1 is 1.14 bits per heavy atom. The molecule has 1 saturated carbocycles. The topological polar surface area (TPSA) is 94.3 Å². The fourth-order valence-corrected chi connectivity index (χ4v) is 3.11. The van der Waals surface area contributed by atoms with Crippen molar-refractivity contribution in [3.63, 3.8) is 0 Å². The van der Waals surface area contributed by atoms with Crippen molar-refractivity contribution >= 4 is 47.1 Å². The van der Waals surface area contributed by atoms with Crippen LogP contribution in [0.3, 0.4) is 0 Å². The van der Waals surface area contributed by atoms with Crippen LogP contribution in [-0.4, -0.2) is 42.5 Å². The van der Waals surface area contributed by atoms with Gasteiger partial charge < -0.3 is 14.4 Å². The van der Waals surface area contributed by atoms with Gasteiger partial charge in [0.05, 0.1) is 33.6 Å². The van der Waals surface area contributed by atoms with Crippen molar-refractivity contribution in [3.8, 4) is 5.75 Å². The normalized spacial score (nSPS) is 12.7. The summed E-state index contributed by atoms with van der Waals surface area (Å²) >= 11 is 11.6. The van der Waals surface area contributed by atoms with Crippen LogP contribution < -0.4 is 4.74 Å². The number of carbonyl (C=O) groups excluding carboxylic acids is 1. The van der Waals surface area contributed by atoms with Crippen molar-refractivity contribution in [2.45, 2.75) is 46.5 Å². The first kappa shape index (κ1) is 30.2. The lowest BCUT2D eigenvalue weighted by Gasteiger charge is -2.07. The number of ether oxygens (including phenoxy) is 2. The number of non-ortho nitro benzene ring substituents is 1. The molecule has 0 amide bonds. The molecule has 1 aliphatic rings. The van der Waals surface area contributed by atoms with Crippen molar-refractivity contribution < 1.29 is 19.2 Å². The number of benzene rings is 2. The molecule has 35 heavy (non-hydrogen) atoms. The van der Waals surface area contributed by atoms with Gasteiger partial charge in [0.2, 0.25) is 0 Å². The summed E-state index contributed by atoms with van der Waals surface area (Å²) in [5.41, 5.74) is 0.742. The molecule has 0 radical (unpaired) electrons. The molecule has 0 unspecified atom stereocenters. The highest BCUT2D eigenvalue weighted by molar-refractivity contribution is 6.42. The van der Waals surface area contributed by atoms with Gasteiger partial charge in [-0.2, -0.15) is 0 Å². The Morgan fingerprint density at radius 3 is 2.23 bits per heavy atom. The monoisotopic (exact) mass is 525 g/mol. The van der Waals surface area contributed by atoms with Gasteiger partial charge in [-0.05, 0) is 50.1 Å². The summed E-state index contributed by atoms with van der Waals surface area (Å²) < 4.78 is 9.23. The molecule has 0 heterocycles. The lowest BCUT2D eigenvalue weighted by Crippen LogP contribution is -2.14. The van der Waals surface area contributed by atoms with E-state index >= 15 is 0 Å². The Morgan fingerprint density at radius 2 is 1.77 bits per heavy atom. The lowest BCUT2D eigenvalue weighted by atomic mass is 10.2. The highest BCUT2D eigenvalue weighted by atomic mass is 35.5. The van der Waals surface area contributed by atoms with Gasteiger partial charge in [-0.3, -0.25) is 10.1 Å². The number of hydrogen-bond donors (Lipinski definition) is 0. The quantitative estimate of drug-likeness (QED) is 0.0947. The Balaban J connectivity index is 0.000000284. The van der Waals surface area contributed by atoms with Gasteiger partial charge in [0.15, 0.2) is 0 Å². The molecule has 2 aromatic rings. The maximum absolute atomic E-state index is 10.9. The molecule has 2 aromatic carbocycles. The smallest absolute Gasteiger partial charge is 0.434 e. The minimum atomic E-state index is -0.827. The number of carbonyl (C=O) groups is 1. The van der Waals surface area contributed by atoms with E-state index in [0.717, 1.165) is 18.2 Å². The fourth-order valence-electron chi connectivity index (χ4n) is 2.82. The molecule has 0 N–H and O–H groups in total. The van der Waals surface area contributed by atoms with Gasteiger partial charge >= 0.3 is 6.16 Å². The van der Waals surface area contributed by atoms with Crippen LogP contribution in [0.4, 0.5) is 16.2 Å². The second-order valence-corrected chi connectivity index (χ2v) is 8.66. The molecule has 10 heteroatoms. The second kappa shape index (κ2) is 16.7. The molecule has 1 fully saturated rings. The maximum Gasteiger partial charge on any atom is 0.513 e. The van der Waals surface area contributed by atoms with E-state index in [1.807, 2.05) is 18.0 Å². The van der Waals surface area contributed by atoms with Crippen LogP contribution in [0.1, 0.15) is 46.5 Å². The molecule has 0 saturated heterocycles. The van der Waals surface area contributed by atoms with E-state index in [4.69, 9.17) is 27.9 Å². The average Bonchev–Trinajstić information content (AvgIpc) is 3.32. The van der Waals surface area contributed by atoms with E-state index < -0.39 is 11.1 Å². The first-order valence-electron chi connectivity index (χ1n) is 11.4. The summed E-state index contributed by atoms with van der Waals surface area (Å²) in [5.74, 6) is 1.25. The number of nitrogens with zero attached hydrogens (tertiary/aromatic N) is 3. The predicted octanol–water partition coefficient (Wildman–Crippen LogP) is 7.93. The number of rotatable bonds is 6. The fraction of sp³-hybridized carbons (Fsp3) is 0.440. The molecule has 3 rings (SSSR count). The number of halogens is 2. The van der Waals surface area contributed by atoms with Crippen molar-refractivity contribution in [3.05, 3.63) is 62.6 Å². The van der Waals surface area contributed by atoms with Crippen LogP contribution in [0.5, 0.6) is 5.75 Å². The van der Waals surface area contributed by atoms with E-state index in [0.29, 0.717) is 10.0 Å². The molecule has 192 valence electrons. The largest absolute Gasteiger partial charge is 0.513 e. The Bertz CT molecular complexity index is 949. The molecular weight excluding hydrogens is 493 g/mol. The minimum absolute atomic E-state index is 0.0637. The molecule has 0 aromatic heterocycles. The molecule has 0 spiro atoms. The average molecular weight is 526 g/mol. The van der Waals surface area contributed by atoms with Crippen molar-refractivity contribution in [2.24, 2.45) is 10.9 Å². The van der Waals surface area contributed by atoms with E-state index in [-0.39, 0.29) is 18.0 Å². The summed E-state index contributed by atoms with van der Waals surface area (Å²) in [4.78, 5) is 26.8. The highest BCUT2D eigenvalue weighted by Gasteiger charge is 2.08. The zero-order valence-electron chi connectivity index (χ0n) is 20.6. The second-order valence-electron chi connectivity index (χ2n) is 7.84. The van der Waals surface area contributed by atoms with Gasteiger partial charge in [0.1, 0.15) is 5.75 Å². The Hall–Kier alpha value is -2.84. The summed E-state index contributed by atoms with van der Waals surface area (Å²) in [6.07, 6.45) is 6.88. The summed E-state index contributed by atoms with van der Waals surface area (Å²) in [6.45, 7) is 7.18. The zero-order chi connectivity index (χ0) is 26.2. The lowest BCUT2D eigenvalue weighted by molar-refractivity contribution is -0.384. The first-order valence-corrected chi connectivity index (χ1v) is 12.2. The number of nitro benzene ring substituents is 1. The highest BCUT2D eigenvalue weighted by Crippen LogP contribution is 2.26.